The maximum absolute atomic E-state index is 10.9. The molecule has 0 radical (unpaired) electrons. The Morgan fingerprint density at radius 2 is 1.71 bits per heavy atom. The molecular formula is C16H15BrO4. The van der Waals surface area contributed by atoms with Crippen molar-refractivity contribution < 1.29 is 19.0 Å². The summed E-state index contributed by atoms with van der Waals surface area (Å²) >= 11 is 3.42. The SMILES string of the molecule is COc1ccc(Br)cc1COc1cc(C=O)ccc1OC. The van der Waals surface area contributed by atoms with Crippen molar-refractivity contribution in [1.82, 2.24) is 0 Å². The third kappa shape index (κ3) is 3.76. The Kier molecular flexibility index (Phi) is 5.22. The first-order chi connectivity index (χ1) is 10.2. The van der Waals surface area contributed by atoms with E-state index >= 15 is 0 Å². The molecule has 0 spiro atoms. The van der Waals surface area contributed by atoms with Gasteiger partial charge < -0.3 is 14.2 Å². The van der Waals surface area contributed by atoms with E-state index in [9.17, 15) is 4.79 Å². The lowest BCUT2D eigenvalue weighted by molar-refractivity contribution is 0.112. The van der Waals surface area contributed by atoms with Crippen LogP contribution in [0.2, 0.25) is 0 Å². The molecule has 0 amide bonds. The highest BCUT2D eigenvalue weighted by atomic mass is 79.9. The molecule has 2 aromatic carbocycles. The molecule has 110 valence electrons. The maximum atomic E-state index is 10.9. The van der Waals surface area contributed by atoms with Gasteiger partial charge in [0.2, 0.25) is 0 Å². The maximum Gasteiger partial charge on any atom is 0.162 e. The van der Waals surface area contributed by atoms with Gasteiger partial charge in [-0.2, -0.15) is 0 Å². The van der Waals surface area contributed by atoms with Crippen molar-refractivity contribution in [2.45, 2.75) is 6.61 Å². The number of rotatable bonds is 6. The van der Waals surface area contributed by atoms with Crippen LogP contribution >= 0.6 is 15.9 Å². The fourth-order valence-electron chi connectivity index (χ4n) is 1.89. The molecule has 0 N–H and O–H groups in total. The standard InChI is InChI=1S/C16H15BrO4/c1-19-14-6-4-13(17)8-12(14)10-21-16-7-11(9-18)3-5-15(16)20-2/h3-9H,10H2,1-2H3. The smallest absolute Gasteiger partial charge is 0.162 e. The number of carbonyl (C=O) groups excluding carboxylic acids is 1. The van der Waals surface area contributed by atoms with Gasteiger partial charge in [0.15, 0.2) is 11.5 Å². The molecule has 0 saturated carbocycles. The minimum absolute atomic E-state index is 0.307. The Hall–Kier alpha value is -2.01. The van der Waals surface area contributed by atoms with Crippen molar-refractivity contribution in [1.29, 1.82) is 0 Å². The molecule has 2 aromatic rings. The number of benzene rings is 2. The van der Waals surface area contributed by atoms with E-state index in [0.29, 0.717) is 23.7 Å². The Labute approximate surface area is 131 Å². The van der Waals surface area contributed by atoms with Gasteiger partial charge >= 0.3 is 0 Å². The van der Waals surface area contributed by atoms with Crippen molar-refractivity contribution in [2.75, 3.05) is 14.2 Å². The quantitative estimate of drug-likeness (QED) is 0.742. The van der Waals surface area contributed by atoms with Crippen molar-refractivity contribution in [3.05, 3.63) is 52.0 Å². The molecule has 0 aliphatic carbocycles. The van der Waals surface area contributed by atoms with Crippen LogP contribution in [0.15, 0.2) is 40.9 Å². The molecule has 0 aromatic heterocycles. The zero-order valence-electron chi connectivity index (χ0n) is 11.8. The Morgan fingerprint density at radius 1 is 1.00 bits per heavy atom. The molecule has 21 heavy (non-hydrogen) atoms. The number of ether oxygens (including phenoxy) is 3. The van der Waals surface area contributed by atoms with Crippen LogP contribution < -0.4 is 14.2 Å². The van der Waals surface area contributed by atoms with Gasteiger partial charge in [-0.1, -0.05) is 15.9 Å². The number of methoxy groups -OCH3 is 2. The fraction of sp³-hybridized carbons (Fsp3) is 0.188. The van der Waals surface area contributed by atoms with Crippen LogP contribution in [-0.2, 0) is 6.61 Å². The highest BCUT2D eigenvalue weighted by Gasteiger charge is 2.09. The van der Waals surface area contributed by atoms with Crippen LogP contribution in [0.1, 0.15) is 15.9 Å². The zero-order valence-corrected chi connectivity index (χ0v) is 13.3. The largest absolute Gasteiger partial charge is 0.496 e. The third-order valence-corrected chi connectivity index (χ3v) is 3.44. The van der Waals surface area contributed by atoms with Gasteiger partial charge in [-0.15, -0.1) is 0 Å². The average Bonchev–Trinajstić information content (AvgIpc) is 2.52. The van der Waals surface area contributed by atoms with Crippen molar-refractivity contribution >= 4 is 22.2 Å². The molecular weight excluding hydrogens is 336 g/mol. The lowest BCUT2D eigenvalue weighted by atomic mass is 10.2. The van der Waals surface area contributed by atoms with Gasteiger partial charge in [-0.3, -0.25) is 4.79 Å². The molecule has 0 heterocycles. The third-order valence-electron chi connectivity index (χ3n) is 2.95. The predicted molar refractivity (Wildman–Crippen MR) is 83.4 cm³/mol. The van der Waals surface area contributed by atoms with E-state index in [1.807, 2.05) is 18.2 Å². The summed E-state index contributed by atoms with van der Waals surface area (Å²) in [5.41, 5.74) is 1.43. The fourth-order valence-corrected chi connectivity index (χ4v) is 2.30. The van der Waals surface area contributed by atoms with E-state index in [0.717, 1.165) is 22.1 Å². The van der Waals surface area contributed by atoms with Crippen molar-refractivity contribution in [3.8, 4) is 17.2 Å². The Morgan fingerprint density at radius 3 is 2.38 bits per heavy atom. The minimum Gasteiger partial charge on any atom is -0.496 e. The molecule has 5 heteroatoms. The highest BCUT2D eigenvalue weighted by molar-refractivity contribution is 9.10. The summed E-state index contributed by atoms with van der Waals surface area (Å²) in [5.74, 6) is 1.84. The second-order valence-corrected chi connectivity index (χ2v) is 5.19. The number of halogens is 1. The molecule has 0 bridgehead atoms. The monoisotopic (exact) mass is 350 g/mol. The second-order valence-electron chi connectivity index (χ2n) is 4.27. The van der Waals surface area contributed by atoms with Gasteiger partial charge in [-0.25, -0.2) is 0 Å². The van der Waals surface area contributed by atoms with E-state index in [1.54, 1.807) is 32.4 Å². The summed E-state index contributed by atoms with van der Waals surface area (Å²) in [4.78, 5) is 10.9. The summed E-state index contributed by atoms with van der Waals surface area (Å²) in [6.45, 7) is 0.307. The Balaban J connectivity index is 2.23. The van der Waals surface area contributed by atoms with E-state index < -0.39 is 0 Å². The van der Waals surface area contributed by atoms with Crippen LogP contribution in [0.5, 0.6) is 17.2 Å². The van der Waals surface area contributed by atoms with Crippen LogP contribution in [-0.4, -0.2) is 20.5 Å². The van der Waals surface area contributed by atoms with Gasteiger partial charge in [0.05, 0.1) is 14.2 Å². The summed E-state index contributed by atoms with van der Waals surface area (Å²) in [5, 5.41) is 0. The number of carbonyl (C=O) groups is 1. The topological polar surface area (TPSA) is 44.8 Å². The van der Waals surface area contributed by atoms with Crippen LogP contribution in [0.25, 0.3) is 0 Å². The van der Waals surface area contributed by atoms with Crippen molar-refractivity contribution in [2.24, 2.45) is 0 Å². The molecule has 0 atom stereocenters. The first-order valence-corrected chi connectivity index (χ1v) is 7.05. The first-order valence-electron chi connectivity index (χ1n) is 6.26. The van der Waals surface area contributed by atoms with Crippen LogP contribution in [0.4, 0.5) is 0 Å². The highest BCUT2D eigenvalue weighted by Crippen LogP contribution is 2.30. The van der Waals surface area contributed by atoms with Crippen molar-refractivity contribution in [3.63, 3.8) is 0 Å². The van der Waals surface area contributed by atoms with Gasteiger partial charge in [0.1, 0.15) is 18.6 Å². The molecule has 0 aliphatic heterocycles. The van der Waals surface area contributed by atoms with E-state index in [-0.39, 0.29) is 0 Å². The zero-order chi connectivity index (χ0) is 15.2. The summed E-state index contributed by atoms with van der Waals surface area (Å²) in [6.07, 6.45) is 0.770. The second kappa shape index (κ2) is 7.13. The first kappa shape index (κ1) is 15.4. The molecule has 0 unspecified atom stereocenters. The van der Waals surface area contributed by atoms with Gasteiger partial charge in [-0.05, 0) is 36.4 Å². The van der Waals surface area contributed by atoms with E-state index in [2.05, 4.69) is 15.9 Å². The summed E-state index contributed by atoms with van der Waals surface area (Å²) < 4.78 is 17.2. The lowest BCUT2D eigenvalue weighted by Gasteiger charge is -2.13. The van der Waals surface area contributed by atoms with Gasteiger partial charge in [0, 0.05) is 15.6 Å². The lowest BCUT2D eigenvalue weighted by Crippen LogP contribution is -2.01. The number of hydrogen-bond donors (Lipinski definition) is 0. The predicted octanol–water partition coefficient (Wildman–Crippen LogP) is 3.86. The van der Waals surface area contributed by atoms with Crippen LogP contribution in [0.3, 0.4) is 0 Å². The summed E-state index contributed by atoms with van der Waals surface area (Å²) in [7, 11) is 3.17. The molecule has 0 aliphatic rings. The summed E-state index contributed by atoms with van der Waals surface area (Å²) in [6, 6.07) is 10.7. The molecule has 0 fully saturated rings. The molecule has 0 saturated heterocycles. The Bertz CT molecular complexity index is 640. The molecule has 4 nitrogen and oxygen atoms in total. The average molecular weight is 351 g/mol. The van der Waals surface area contributed by atoms with Crippen LogP contribution in [0, 0.1) is 0 Å². The number of hydrogen-bond acceptors (Lipinski definition) is 4. The van der Waals surface area contributed by atoms with E-state index in [4.69, 9.17) is 14.2 Å². The molecule has 2 rings (SSSR count). The normalized spacial score (nSPS) is 10.0. The number of aldehydes is 1. The minimum atomic E-state index is 0.307. The van der Waals surface area contributed by atoms with Gasteiger partial charge in [0.25, 0.3) is 0 Å². The van der Waals surface area contributed by atoms with E-state index in [1.165, 1.54) is 0 Å².